The third-order valence-electron chi connectivity index (χ3n) is 5.40. The van der Waals surface area contributed by atoms with Crippen molar-refractivity contribution in [2.24, 2.45) is 11.3 Å². The highest BCUT2D eigenvalue weighted by Gasteiger charge is 2.53. The zero-order valence-electron chi connectivity index (χ0n) is 14.4. The van der Waals surface area contributed by atoms with E-state index in [1.54, 1.807) is 7.11 Å². The lowest BCUT2D eigenvalue weighted by molar-refractivity contribution is -0.150. The molecular weight excluding hydrogens is 308 g/mol. The summed E-state index contributed by atoms with van der Waals surface area (Å²) in [5.74, 6) is 0.277. The number of hydrogen-bond acceptors (Lipinski definition) is 6. The van der Waals surface area contributed by atoms with Crippen LogP contribution in [0.1, 0.15) is 18.5 Å². The largest absolute Gasteiger partial charge is 0.481 e. The van der Waals surface area contributed by atoms with E-state index >= 15 is 0 Å². The van der Waals surface area contributed by atoms with E-state index in [-0.39, 0.29) is 5.92 Å². The number of aryl methyl sites for hydroxylation is 1. The Kier molecular flexibility index (Phi) is 5.01. The minimum atomic E-state index is -0.663. The molecule has 2 saturated heterocycles. The third kappa shape index (κ3) is 3.23. The molecule has 1 aromatic heterocycles. The molecule has 0 spiro atoms. The van der Waals surface area contributed by atoms with Crippen LogP contribution in [0.3, 0.4) is 0 Å². The standard InChI is InChI=1S/C17H26N4O3/c1-13-4-5-15(19-18-13)21-7-3-6-17(16(22)23)12-20(8-9-24-2)10-14(17)11-21/h4-5,14H,3,6-12H2,1-2H3,(H,22,23)/t14-,17+/m0/s1. The SMILES string of the molecule is COCCN1C[C@H]2CN(c3ccc(C)nn3)CCC[C@@]2(C(=O)O)C1. The number of methoxy groups -OCH3 is 1. The van der Waals surface area contributed by atoms with Crippen LogP contribution in [0.5, 0.6) is 0 Å². The first kappa shape index (κ1) is 17.1. The molecule has 0 unspecified atom stereocenters. The Hall–Kier alpha value is -1.73. The van der Waals surface area contributed by atoms with Gasteiger partial charge in [-0.25, -0.2) is 0 Å². The monoisotopic (exact) mass is 334 g/mol. The quantitative estimate of drug-likeness (QED) is 0.862. The second-order valence-corrected chi connectivity index (χ2v) is 6.97. The molecule has 2 aliphatic rings. The molecule has 1 N–H and O–H groups in total. The lowest BCUT2D eigenvalue weighted by Crippen LogP contribution is -2.41. The Morgan fingerprint density at radius 2 is 2.25 bits per heavy atom. The van der Waals surface area contributed by atoms with Crippen molar-refractivity contribution in [1.29, 1.82) is 0 Å². The van der Waals surface area contributed by atoms with Crippen LogP contribution in [0.25, 0.3) is 0 Å². The number of fused-ring (bicyclic) bond motifs is 1. The first-order valence-electron chi connectivity index (χ1n) is 8.55. The second-order valence-electron chi connectivity index (χ2n) is 6.97. The molecule has 2 fully saturated rings. The number of carboxylic acids is 1. The summed E-state index contributed by atoms with van der Waals surface area (Å²) >= 11 is 0. The van der Waals surface area contributed by atoms with E-state index in [0.717, 1.165) is 37.6 Å². The highest BCUT2D eigenvalue weighted by Crippen LogP contribution is 2.43. The highest BCUT2D eigenvalue weighted by molar-refractivity contribution is 5.76. The Bertz CT molecular complexity index is 580. The zero-order chi connectivity index (χ0) is 17.2. The van der Waals surface area contributed by atoms with Gasteiger partial charge >= 0.3 is 5.97 Å². The molecule has 3 heterocycles. The van der Waals surface area contributed by atoms with Crippen LogP contribution in [-0.4, -0.2) is 72.6 Å². The van der Waals surface area contributed by atoms with Gasteiger partial charge in [0.05, 0.1) is 17.7 Å². The minimum Gasteiger partial charge on any atom is -0.481 e. The first-order chi connectivity index (χ1) is 11.5. The fourth-order valence-corrected chi connectivity index (χ4v) is 4.05. The third-order valence-corrected chi connectivity index (χ3v) is 5.40. The van der Waals surface area contributed by atoms with Crippen LogP contribution < -0.4 is 4.90 Å². The molecule has 132 valence electrons. The Morgan fingerprint density at radius 1 is 1.42 bits per heavy atom. The Labute approximate surface area is 142 Å². The maximum absolute atomic E-state index is 12.1. The van der Waals surface area contributed by atoms with Crippen LogP contribution in [0.2, 0.25) is 0 Å². The number of hydrogen-bond donors (Lipinski definition) is 1. The smallest absolute Gasteiger partial charge is 0.311 e. The molecule has 0 saturated carbocycles. The Morgan fingerprint density at radius 3 is 2.92 bits per heavy atom. The summed E-state index contributed by atoms with van der Waals surface area (Å²) in [6.45, 7) is 6.30. The van der Waals surface area contributed by atoms with Crippen molar-refractivity contribution in [2.75, 3.05) is 51.3 Å². The lowest BCUT2D eigenvalue weighted by Gasteiger charge is -2.30. The predicted octanol–water partition coefficient (Wildman–Crippen LogP) is 1.03. The van der Waals surface area contributed by atoms with Crippen molar-refractivity contribution in [2.45, 2.75) is 19.8 Å². The molecule has 2 atom stereocenters. The van der Waals surface area contributed by atoms with E-state index < -0.39 is 11.4 Å². The molecule has 0 radical (unpaired) electrons. The number of aromatic nitrogens is 2. The van der Waals surface area contributed by atoms with Gasteiger partial charge in [-0.2, -0.15) is 5.10 Å². The number of likely N-dealkylation sites (tertiary alicyclic amines) is 1. The molecule has 0 aromatic carbocycles. The van der Waals surface area contributed by atoms with Crippen molar-refractivity contribution in [1.82, 2.24) is 15.1 Å². The molecule has 2 aliphatic heterocycles. The molecule has 24 heavy (non-hydrogen) atoms. The maximum atomic E-state index is 12.1. The van der Waals surface area contributed by atoms with Gasteiger partial charge in [-0.15, -0.1) is 5.10 Å². The number of rotatable bonds is 5. The summed E-state index contributed by atoms with van der Waals surface area (Å²) in [4.78, 5) is 16.5. The topological polar surface area (TPSA) is 78.8 Å². The van der Waals surface area contributed by atoms with Crippen molar-refractivity contribution >= 4 is 11.8 Å². The molecule has 1 aromatic rings. The number of carbonyl (C=O) groups is 1. The minimum absolute atomic E-state index is 0.0949. The molecular formula is C17H26N4O3. The normalized spacial score (nSPS) is 27.8. The number of nitrogens with zero attached hydrogens (tertiary/aromatic N) is 4. The Balaban J connectivity index is 1.80. The summed E-state index contributed by atoms with van der Waals surface area (Å²) in [5, 5.41) is 18.4. The van der Waals surface area contributed by atoms with Crippen LogP contribution >= 0.6 is 0 Å². The van der Waals surface area contributed by atoms with Gasteiger partial charge in [0.2, 0.25) is 0 Å². The van der Waals surface area contributed by atoms with E-state index in [4.69, 9.17) is 4.74 Å². The van der Waals surface area contributed by atoms with Crippen molar-refractivity contribution in [3.05, 3.63) is 17.8 Å². The number of carboxylic acid groups (broad SMARTS) is 1. The van der Waals surface area contributed by atoms with E-state index in [1.165, 1.54) is 0 Å². The van der Waals surface area contributed by atoms with E-state index in [0.29, 0.717) is 26.1 Å². The lowest BCUT2D eigenvalue weighted by atomic mass is 9.75. The maximum Gasteiger partial charge on any atom is 0.311 e. The van der Waals surface area contributed by atoms with Gasteiger partial charge in [0.15, 0.2) is 5.82 Å². The number of ether oxygens (including phenoxy) is 1. The zero-order valence-corrected chi connectivity index (χ0v) is 14.4. The summed E-state index contributed by atoms with van der Waals surface area (Å²) in [6, 6.07) is 3.94. The molecule has 0 bridgehead atoms. The predicted molar refractivity (Wildman–Crippen MR) is 90.1 cm³/mol. The number of aliphatic carboxylic acids is 1. The fraction of sp³-hybridized carbons (Fsp3) is 0.706. The van der Waals surface area contributed by atoms with E-state index in [1.807, 2.05) is 19.1 Å². The van der Waals surface area contributed by atoms with Gasteiger partial charge < -0.3 is 14.7 Å². The first-order valence-corrected chi connectivity index (χ1v) is 8.55. The fourth-order valence-electron chi connectivity index (χ4n) is 4.05. The molecule has 0 amide bonds. The summed E-state index contributed by atoms with van der Waals surface area (Å²) in [5.41, 5.74) is 0.237. The van der Waals surface area contributed by atoms with Gasteiger partial charge in [0.25, 0.3) is 0 Å². The molecule has 7 nitrogen and oxygen atoms in total. The van der Waals surface area contributed by atoms with Gasteiger partial charge in [-0.1, -0.05) is 0 Å². The van der Waals surface area contributed by atoms with Crippen molar-refractivity contribution < 1.29 is 14.6 Å². The van der Waals surface area contributed by atoms with Crippen molar-refractivity contribution in [3.8, 4) is 0 Å². The van der Waals surface area contributed by atoms with E-state index in [9.17, 15) is 9.90 Å². The van der Waals surface area contributed by atoms with Gasteiger partial charge in [-0.05, 0) is 31.9 Å². The molecule has 0 aliphatic carbocycles. The van der Waals surface area contributed by atoms with Gasteiger partial charge in [0.1, 0.15) is 0 Å². The summed E-state index contributed by atoms with van der Waals surface area (Å²) < 4.78 is 5.16. The summed E-state index contributed by atoms with van der Waals surface area (Å²) in [7, 11) is 1.68. The molecule has 7 heteroatoms. The summed E-state index contributed by atoms with van der Waals surface area (Å²) in [6.07, 6.45) is 1.57. The molecule has 3 rings (SSSR count). The van der Waals surface area contributed by atoms with Crippen LogP contribution in [0, 0.1) is 18.3 Å². The van der Waals surface area contributed by atoms with Crippen LogP contribution in [-0.2, 0) is 9.53 Å². The average molecular weight is 334 g/mol. The highest BCUT2D eigenvalue weighted by atomic mass is 16.5. The second kappa shape index (κ2) is 7.03. The van der Waals surface area contributed by atoms with Gasteiger partial charge in [0, 0.05) is 45.8 Å². The van der Waals surface area contributed by atoms with Crippen LogP contribution in [0.4, 0.5) is 5.82 Å². The van der Waals surface area contributed by atoms with Crippen molar-refractivity contribution in [3.63, 3.8) is 0 Å². The number of anilines is 1. The van der Waals surface area contributed by atoms with E-state index in [2.05, 4.69) is 20.0 Å². The van der Waals surface area contributed by atoms with Gasteiger partial charge in [-0.3, -0.25) is 9.69 Å². The van der Waals surface area contributed by atoms with Crippen LogP contribution in [0.15, 0.2) is 12.1 Å². The average Bonchev–Trinajstić information content (AvgIpc) is 2.82.